The number of aryl methyl sites for hydroxylation is 1. The van der Waals surface area contributed by atoms with Crippen molar-refractivity contribution in [2.24, 2.45) is 7.05 Å². The van der Waals surface area contributed by atoms with Crippen LogP contribution in [-0.2, 0) is 12.6 Å². The quantitative estimate of drug-likeness (QED) is 0.224. The molecule has 0 spiro atoms. The molecule has 5 aromatic rings. The SMILES string of the molecule is Cn1c2c(c3cc(-c4cnc(C5CCCN5)[nH]4)ccc31)C(C)(C)Oc1cc(-c3cnc(C4CCCN4)[nH]3)ccc1-2. The Morgan fingerprint density at radius 3 is 2.10 bits per heavy atom. The van der Waals surface area contributed by atoms with E-state index in [4.69, 9.17) is 9.72 Å². The van der Waals surface area contributed by atoms with Gasteiger partial charge in [-0.05, 0) is 76.9 Å². The molecule has 3 aliphatic heterocycles. The van der Waals surface area contributed by atoms with Crippen molar-refractivity contribution in [3.63, 3.8) is 0 Å². The zero-order chi connectivity index (χ0) is 27.0. The second-order valence-electron chi connectivity index (χ2n) is 12.0. The highest BCUT2D eigenvalue weighted by molar-refractivity contribution is 5.97. The first-order valence-electron chi connectivity index (χ1n) is 14.5. The first-order chi connectivity index (χ1) is 19.5. The molecule has 0 aliphatic carbocycles. The fourth-order valence-electron chi connectivity index (χ4n) is 6.99. The molecule has 204 valence electrons. The minimum atomic E-state index is -0.501. The van der Waals surface area contributed by atoms with Gasteiger partial charge in [0.2, 0.25) is 0 Å². The predicted octanol–water partition coefficient (Wildman–Crippen LogP) is 6.10. The van der Waals surface area contributed by atoms with E-state index in [1.807, 2.05) is 12.4 Å². The maximum Gasteiger partial charge on any atom is 0.131 e. The first kappa shape index (κ1) is 24.0. The number of rotatable bonds is 4. The van der Waals surface area contributed by atoms with E-state index >= 15 is 0 Å². The molecule has 3 aromatic heterocycles. The minimum Gasteiger partial charge on any atom is -0.482 e. The molecule has 8 rings (SSSR count). The number of hydrogen-bond donors (Lipinski definition) is 4. The van der Waals surface area contributed by atoms with Crippen molar-refractivity contribution in [3.8, 4) is 39.5 Å². The lowest BCUT2D eigenvalue weighted by atomic mass is 9.88. The zero-order valence-electron chi connectivity index (χ0n) is 23.3. The number of benzene rings is 2. The molecule has 2 saturated heterocycles. The summed E-state index contributed by atoms with van der Waals surface area (Å²) in [4.78, 5) is 16.5. The molecule has 8 heteroatoms. The molecule has 40 heavy (non-hydrogen) atoms. The van der Waals surface area contributed by atoms with Crippen LogP contribution in [0, 0.1) is 0 Å². The van der Waals surface area contributed by atoms with E-state index in [-0.39, 0.29) is 0 Å². The van der Waals surface area contributed by atoms with E-state index in [0.29, 0.717) is 12.1 Å². The second kappa shape index (κ2) is 8.81. The van der Waals surface area contributed by atoms with Crippen LogP contribution in [0.15, 0.2) is 48.8 Å². The Morgan fingerprint density at radius 1 is 0.850 bits per heavy atom. The van der Waals surface area contributed by atoms with Gasteiger partial charge in [-0.25, -0.2) is 9.97 Å². The van der Waals surface area contributed by atoms with Crippen LogP contribution in [0.1, 0.15) is 68.8 Å². The Morgan fingerprint density at radius 2 is 1.48 bits per heavy atom. The number of imidazole rings is 2. The van der Waals surface area contributed by atoms with E-state index in [0.717, 1.165) is 71.4 Å². The van der Waals surface area contributed by atoms with Crippen LogP contribution in [0.3, 0.4) is 0 Å². The van der Waals surface area contributed by atoms with E-state index < -0.39 is 5.60 Å². The van der Waals surface area contributed by atoms with Crippen molar-refractivity contribution in [3.05, 3.63) is 66.0 Å². The third-order valence-corrected chi connectivity index (χ3v) is 9.00. The first-order valence-corrected chi connectivity index (χ1v) is 14.5. The van der Waals surface area contributed by atoms with Crippen LogP contribution in [0.4, 0.5) is 0 Å². The Kier molecular flexibility index (Phi) is 5.28. The molecule has 6 heterocycles. The number of H-pyrrole nitrogens is 2. The number of aromatic nitrogens is 5. The maximum atomic E-state index is 6.76. The van der Waals surface area contributed by atoms with E-state index in [1.165, 1.54) is 35.0 Å². The van der Waals surface area contributed by atoms with Gasteiger partial charge in [0.15, 0.2) is 0 Å². The van der Waals surface area contributed by atoms with Gasteiger partial charge in [0.1, 0.15) is 23.0 Å². The molecule has 2 atom stereocenters. The van der Waals surface area contributed by atoms with Gasteiger partial charge in [-0.15, -0.1) is 0 Å². The standard InChI is InChI=1S/C32H35N7O/c1-32(2)28-21-14-18(24-16-35-30(37-24)22-6-4-12-33-22)9-11-26(21)39(3)29(28)20-10-8-19(15-27(20)40-32)25-17-36-31(38-25)23-7-5-13-34-23/h8-11,14-17,22-23,33-34H,4-7,12-13H2,1-3H3,(H,35,37)(H,36,38). The van der Waals surface area contributed by atoms with Crippen LogP contribution >= 0.6 is 0 Å². The molecule has 8 nitrogen and oxygen atoms in total. The summed E-state index contributed by atoms with van der Waals surface area (Å²) in [5, 5.41) is 8.28. The largest absolute Gasteiger partial charge is 0.482 e. The minimum absolute atomic E-state index is 0.317. The van der Waals surface area contributed by atoms with Gasteiger partial charge >= 0.3 is 0 Å². The highest BCUT2D eigenvalue weighted by Gasteiger charge is 2.37. The van der Waals surface area contributed by atoms with Crippen LogP contribution in [0.2, 0.25) is 0 Å². The van der Waals surface area contributed by atoms with Crippen molar-refractivity contribution < 1.29 is 4.74 Å². The van der Waals surface area contributed by atoms with Gasteiger partial charge in [-0.3, -0.25) is 0 Å². The van der Waals surface area contributed by atoms with Gasteiger partial charge in [0, 0.05) is 40.2 Å². The average Bonchev–Trinajstić information content (AvgIpc) is 3.77. The Hall–Kier alpha value is -3.88. The molecule has 0 saturated carbocycles. The van der Waals surface area contributed by atoms with Crippen molar-refractivity contribution in [2.75, 3.05) is 13.1 Å². The third-order valence-electron chi connectivity index (χ3n) is 9.00. The molecule has 2 aromatic carbocycles. The van der Waals surface area contributed by atoms with E-state index in [2.05, 4.69) is 87.4 Å². The lowest BCUT2D eigenvalue weighted by Crippen LogP contribution is -2.29. The number of ether oxygens (including phenoxy) is 1. The molecule has 3 aliphatic rings. The Bertz CT molecular complexity index is 1740. The fourth-order valence-corrected chi connectivity index (χ4v) is 6.99. The number of fused-ring (bicyclic) bond motifs is 5. The van der Waals surface area contributed by atoms with Gasteiger partial charge in [-0.2, -0.15) is 0 Å². The van der Waals surface area contributed by atoms with Gasteiger partial charge in [-0.1, -0.05) is 12.1 Å². The molecule has 0 bridgehead atoms. The zero-order valence-corrected chi connectivity index (χ0v) is 23.3. The van der Waals surface area contributed by atoms with Gasteiger partial charge in [0.05, 0.1) is 41.6 Å². The smallest absolute Gasteiger partial charge is 0.131 e. The number of hydrogen-bond acceptors (Lipinski definition) is 5. The lowest BCUT2D eigenvalue weighted by molar-refractivity contribution is 0.107. The van der Waals surface area contributed by atoms with Gasteiger partial charge < -0.3 is 29.9 Å². The number of nitrogens with zero attached hydrogens (tertiary/aromatic N) is 3. The monoisotopic (exact) mass is 533 g/mol. The molecular formula is C32H35N7O. The van der Waals surface area contributed by atoms with E-state index in [9.17, 15) is 0 Å². The molecule has 2 unspecified atom stereocenters. The molecule has 0 radical (unpaired) electrons. The lowest BCUT2D eigenvalue weighted by Gasteiger charge is -2.34. The topological polar surface area (TPSA) is 95.6 Å². The van der Waals surface area contributed by atoms with Crippen LogP contribution in [0.5, 0.6) is 5.75 Å². The summed E-state index contributed by atoms with van der Waals surface area (Å²) in [6.07, 6.45) is 8.55. The van der Waals surface area contributed by atoms with Gasteiger partial charge in [0.25, 0.3) is 0 Å². The summed E-state index contributed by atoms with van der Waals surface area (Å²) >= 11 is 0. The van der Waals surface area contributed by atoms with Crippen LogP contribution < -0.4 is 15.4 Å². The molecular weight excluding hydrogens is 498 g/mol. The van der Waals surface area contributed by atoms with Crippen molar-refractivity contribution >= 4 is 10.9 Å². The summed E-state index contributed by atoms with van der Waals surface area (Å²) in [6, 6.07) is 13.9. The fraction of sp³-hybridized carbons (Fsp3) is 0.375. The summed E-state index contributed by atoms with van der Waals surface area (Å²) in [5.41, 5.74) is 8.55. The van der Waals surface area contributed by atoms with Crippen molar-refractivity contribution in [1.82, 2.24) is 35.1 Å². The maximum absolute atomic E-state index is 6.76. The number of nitrogens with one attached hydrogen (secondary N) is 4. The highest BCUT2D eigenvalue weighted by atomic mass is 16.5. The summed E-state index contributed by atoms with van der Waals surface area (Å²) in [7, 11) is 2.16. The summed E-state index contributed by atoms with van der Waals surface area (Å²) < 4.78 is 9.08. The highest BCUT2D eigenvalue weighted by Crippen LogP contribution is 2.50. The Labute approximate surface area is 233 Å². The molecule has 0 amide bonds. The normalized spacial score (nSPS) is 21.5. The summed E-state index contributed by atoms with van der Waals surface area (Å²) in [6.45, 7) is 6.46. The molecule has 2 fully saturated rings. The second-order valence-corrected chi connectivity index (χ2v) is 12.0. The number of aromatic amines is 2. The average molecular weight is 534 g/mol. The van der Waals surface area contributed by atoms with Crippen LogP contribution in [0.25, 0.3) is 44.7 Å². The summed E-state index contributed by atoms with van der Waals surface area (Å²) in [5.74, 6) is 2.95. The van der Waals surface area contributed by atoms with Crippen molar-refractivity contribution in [2.45, 2.75) is 57.2 Å². The molecule has 4 N–H and O–H groups in total. The van der Waals surface area contributed by atoms with Crippen LogP contribution in [-0.4, -0.2) is 37.6 Å². The van der Waals surface area contributed by atoms with E-state index in [1.54, 1.807) is 0 Å². The predicted molar refractivity (Wildman–Crippen MR) is 157 cm³/mol. The Balaban J connectivity index is 1.20. The third kappa shape index (κ3) is 3.66. The van der Waals surface area contributed by atoms with Crippen molar-refractivity contribution in [1.29, 1.82) is 0 Å².